The van der Waals surface area contributed by atoms with E-state index in [4.69, 9.17) is 0 Å². The Kier molecular flexibility index (Phi) is 6.70. The molecule has 0 bridgehead atoms. The summed E-state index contributed by atoms with van der Waals surface area (Å²) in [6, 6.07) is 7.84. The number of rotatable bonds is 5. The highest BCUT2D eigenvalue weighted by atomic mass is 35.5. The van der Waals surface area contributed by atoms with Gasteiger partial charge >= 0.3 is 0 Å². The smallest absolute Gasteiger partial charge is 0.274 e. The van der Waals surface area contributed by atoms with E-state index in [-0.39, 0.29) is 24.0 Å². The zero-order valence-corrected chi connectivity index (χ0v) is 15.3. The maximum absolute atomic E-state index is 12.7. The van der Waals surface area contributed by atoms with Crippen LogP contribution in [0.1, 0.15) is 23.3 Å². The second-order valence-electron chi connectivity index (χ2n) is 6.24. The van der Waals surface area contributed by atoms with Gasteiger partial charge in [-0.25, -0.2) is 4.68 Å². The molecular weight excluding hydrogens is 358 g/mol. The highest BCUT2D eigenvalue weighted by Crippen LogP contribution is 2.19. The van der Waals surface area contributed by atoms with Gasteiger partial charge in [-0.05, 0) is 44.5 Å². The summed E-state index contributed by atoms with van der Waals surface area (Å²) in [6.45, 7) is 2.36. The van der Waals surface area contributed by atoms with Gasteiger partial charge in [0.25, 0.3) is 11.6 Å². The first-order valence-electron chi connectivity index (χ1n) is 8.33. The van der Waals surface area contributed by atoms with Crippen molar-refractivity contribution in [1.29, 1.82) is 0 Å². The first-order chi connectivity index (χ1) is 12.1. The molecule has 0 spiro atoms. The van der Waals surface area contributed by atoms with Gasteiger partial charge in [0.2, 0.25) is 0 Å². The highest BCUT2D eigenvalue weighted by molar-refractivity contribution is 5.92. The SMILES string of the molecule is CNCC1CCCN(C(=O)c2ccn(-c3cccc([N+](=O)[O-])c3)n2)C1.Cl. The number of hydrogen-bond acceptors (Lipinski definition) is 5. The molecule has 1 aliphatic rings. The van der Waals surface area contributed by atoms with Crippen LogP contribution in [0.25, 0.3) is 5.69 Å². The van der Waals surface area contributed by atoms with Crippen LogP contribution >= 0.6 is 12.4 Å². The number of likely N-dealkylation sites (tertiary alicyclic amines) is 1. The Bertz CT molecular complexity index is 777. The summed E-state index contributed by atoms with van der Waals surface area (Å²) in [5.41, 5.74) is 0.906. The molecular formula is C17H22ClN5O3. The molecule has 2 aromatic rings. The number of halogens is 1. The highest BCUT2D eigenvalue weighted by Gasteiger charge is 2.25. The molecule has 1 atom stereocenters. The predicted octanol–water partition coefficient (Wildman–Crippen LogP) is 2.27. The van der Waals surface area contributed by atoms with Crippen LogP contribution in [0.3, 0.4) is 0 Å². The molecule has 1 unspecified atom stereocenters. The van der Waals surface area contributed by atoms with Gasteiger partial charge in [-0.1, -0.05) is 6.07 Å². The minimum atomic E-state index is -0.450. The molecule has 1 N–H and O–H groups in total. The maximum atomic E-state index is 12.7. The number of carbonyl (C=O) groups is 1. The second-order valence-corrected chi connectivity index (χ2v) is 6.24. The van der Waals surface area contributed by atoms with E-state index < -0.39 is 4.92 Å². The Morgan fingerprint density at radius 2 is 2.23 bits per heavy atom. The maximum Gasteiger partial charge on any atom is 0.274 e. The molecule has 9 heteroatoms. The van der Waals surface area contributed by atoms with Crippen LogP contribution in [0.5, 0.6) is 0 Å². The third-order valence-corrected chi connectivity index (χ3v) is 4.41. The van der Waals surface area contributed by atoms with E-state index in [1.165, 1.54) is 16.8 Å². The number of aromatic nitrogens is 2. The number of nitrogens with one attached hydrogen (secondary N) is 1. The average molecular weight is 380 g/mol. The monoisotopic (exact) mass is 379 g/mol. The molecule has 1 aromatic carbocycles. The van der Waals surface area contributed by atoms with Crippen LogP contribution in [0.2, 0.25) is 0 Å². The summed E-state index contributed by atoms with van der Waals surface area (Å²) in [4.78, 5) is 25.0. The van der Waals surface area contributed by atoms with Gasteiger partial charge in [-0.3, -0.25) is 14.9 Å². The van der Waals surface area contributed by atoms with Crippen LogP contribution in [0.15, 0.2) is 36.5 Å². The van der Waals surface area contributed by atoms with E-state index in [0.29, 0.717) is 17.3 Å². The third kappa shape index (κ3) is 4.39. The van der Waals surface area contributed by atoms with E-state index >= 15 is 0 Å². The van der Waals surface area contributed by atoms with Gasteiger partial charge in [0.05, 0.1) is 10.6 Å². The van der Waals surface area contributed by atoms with Gasteiger partial charge in [0, 0.05) is 31.4 Å². The molecule has 0 radical (unpaired) electrons. The van der Waals surface area contributed by atoms with Crippen molar-refractivity contribution in [3.05, 3.63) is 52.3 Å². The molecule has 8 nitrogen and oxygen atoms in total. The number of non-ortho nitro benzene ring substituents is 1. The van der Waals surface area contributed by atoms with Crippen LogP contribution in [0, 0.1) is 16.0 Å². The number of nitro groups is 1. The summed E-state index contributed by atoms with van der Waals surface area (Å²) in [5.74, 6) is 0.367. The number of nitrogens with zero attached hydrogens (tertiary/aromatic N) is 4. The molecule has 0 saturated carbocycles. The number of carbonyl (C=O) groups excluding carboxylic acids is 1. The van der Waals surface area contributed by atoms with Crippen molar-refractivity contribution >= 4 is 24.0 Å². The summed E-state index contributed by atoms with van der Waals surface area (Å²) in [5, 5.41) is 18.4. The minimum absolute atomic E-state index is 0. The Morgan fingerprint density at radius 1 is 1.42 bits per heavy atom. The standard InChI is InChI=1S/C17H21N5O3.ClH/c1-18-11-13-4-3-8-20(12-13)17(23)16-7-9-21(19-16)14-5-2-6-15(10-14)22(24)25;/h2,5-7,9-10,13,18H,3-4,8,11-12H2,1H3;1H. The van der Waals surface area contributed by atoms with E-state index in [2.05, 4.69) is 10.4 Å². The fourth-order valence-electron chi connectivity index (χ4n) is 3.20. The molecule has 1 aliphatic heterocycles. The molecule has 2 heterocycles. The van der Waals surface area contributed by atoms with Crippen LogP contribution in [-0.2, 0) is 0 Å². The van der Waals surface area contributed by atoms with Gasteiger partial charge in [0.1, 0.15) is 0 Å². The molecule has 26 heavy (non-hydrogen) atoms. The largest absolute Gasteiger partial charge is 0.337 e. The van der Waals surface area contributed by atoms with Gasteiger partial charge in [-0.15, -0.1) is 12.4 Å². The van der Waals surface area contributed by atoms with Crippen molar-refractivity contribution in [3.63, 3.8) is 0 Å². The number of amides is 1. The zero-order chi connectivity index (χ0) is 17.8. The Balaban J connectivity index is 0.00000243. The van der Waals surface area contributed by atoms with Gasteiger partial charge < -0.3 is 10.2 Å². The fourth-order valence-corrected chi connectivity index (χ4v) is 3.20. The van der Waals surface area contributed by atoms with E-state index in [0.717, 1.165) is 32.5 Å². The summed E-state index contributed by atoms with van der Waals surface area (Å²) in [7, 11) is 1.92. The molecule has 1 aromatic heterocycles. The number of hydrogen-bond donors (Lipinski definition) is 1. The van der Waals surface area contributed by atoms with Crippen molar-refractivity contribution in [2.75, 3.05) is 26.7 Å². The number of nitro benzene ring substituents is 1. The summed E-state index contributed by atoms with van der Waals surface area (Å²) in [6.07, 6.45) is 3.76. The molecule has 1 saturated heterocycles. The van der Waals surface area contributed by atoms with E-state index in [1.807, 2.05) is 11.9 Å². The van der Waals surface area contributed by atoms with Crippen molar-refractivity contribution in [2.24, 2.45) is 5.92 Å². The lowest BCUT2D eigenvalue weighted by atomic mass is 9.98. The van der Waals surface area contributed by atoms with Crippen molar-refractivity contribution in [1.82, 2.24) is 20.0 Å². The fraction of sp³-hybridized carbons (Fsp3) is 0.412. The molecule has 3 rings (SSSR count). The Hall–Kier alpha value is -2.45. The molecule has 0 aliphatic carbocycles. The topological polar surface area (TPSA) is 93.3 Å². The number of piperidine rings is 1. The van der Waals surface area contributed by atoms with Crippen LogP contribution in [0.4, 0.5) is 5.69 Å². The van der Waals surface area contributed by atoms with E-state index in [1.54, 1.807) is 24.4 Å². The quantitative estimate of drug-likeness (QED) is 0.635. The third-order valence-electron chi connectivity index (χ3n) is 4.41. The summed E-state index contributed by atoms with van der Waals surface area (Å²) >= 11 is 0. The first-order valence-corrected chi connectivity index (χ1v) is 8.33. The normalized spacial score (nSPS) is 16.8. The lowest BCUT2D eigenvalue weighted by Crippen LogP contribution is -2.42. The Labute approximate surface area is 157 Å². The average Bonchev–Trinajstić information content (AvgIpc) is 3.12. The molecule has 1 amide bonds. The number of benzene rings is 1. The van der Waals surface area contributed by atoms with E-state index in [9.17, 15) is 14.9 Å². The molecule has 1 fully saturated rings. The predicted molar refractivity (Wildman–Crippen MR) is 100 cm³/mol. The Morgan fingerprint density at radius 3 is 2.96 bits per heavy atom. The lowest BCUT2D eigenvalue weighted by Gasteiger charge is -2.32. The minimum Gasteiger partial charge on any atom is -0.337 e. The molecule has 140 valence electrons. The second kappa shape index (κ2) is 8.77. The lowest BCUT2D eigenvalue weighted by molar-refractivity contribution is -0.384. The van der Waals surface area contributed by atoms with Crippen LogP contribution in [-0.4, -0.2) is 52.2 Å². The first kappa shape index (κ1) is 19.9. The van der Waals surface area contributed by atoms with Crippen molar-refractivity contribution in [2.45, 2.75) is 12.8 Å². The van der Waals surface area contributed by atoms with Crippen LogP contribution < -0.4 is 5.32 Å². The zero-order valence-electron chi connectivity index (χ0n) is 14.5. The van der Waals surface area contributed by atoms with Crippen molar-refractivity contribution in [3.8, 4) is 5.69 Å². The summed E-state index contributed by atoms with van der Waals surface area (Å²) < 4.78 is 1.50. The van der Waals surface area contributed by atoms with Crippen molar-refractivity contribution < 1.29 is 9.72 Å². The van der Waals surface area contributed by atoms with Gasteiger partial charge in [0.15, 0.2) is 5.69 Å². The van der Waals surface area contributed by atoms with Gasteiger partial charge in [-0.2, -0.15) is 5.10 Å².